The van der Waals surface area contributed by atoms with Gasteiger partial charge in [0.25, 0.3) is 0 Å². The maximum atomic E-state index is 12.1. The van der Waals surface area contributed by atoms with E-state index in [-0.39, 0.29) is 5.91 Å². The molecular formula is C12H20N2O2. The second-order valence-corrected chi connectivity index (χ2v) is 5.71. The van der Waals surface area contributed by atoms with Crippen molar-refractivity contribution in [3.63, 3.8) is 0 Å². The Labute approximate surface area is 95.9 Å². The lowest BCUT2D eigenvalue weighted by atomic mass is 9.93. The molecule has 4 nitrogen and oxygen atoms in total. The fourth-order valence-electron chi connectivity index (χ4n) is 3.49. The van der Waals surface area contributed by atoms with Gasteiger partial charge in [-0.1, -0.05) is 6.42 Å². The van der Waals surface area contributed by atoms with Gasteiger partial charge in [0.15, 0.2) is 0 Å². The van der Waals surface area contributed by atoms with E-state index in [1.165, 1.54) is 19.3 Å². The van der Waals surface area contributed by atoms with Gasteiger partial charge in [-0.3, -0.25) is 4.79 Å². The highest BCUT2D eigenvalue weighted by atomic mass is 16.5. The van der Waals surface area contributed by atoms with E-state index in [1.54, 1.807) is 0 Å². The Kier molecular flexibility index (Phi) is 2.44. The topological polar surface area (TPSA) is 64.4 Å². The van der Waals surface area contributed by atoms with Crippen molar-refractivity contribution in [2.45, 2.75) is 43.7 Å². The van der Waals surface area contributed by atoms with E-state index in [4.69, 9.17) is 10.5 Å². The largest absolute Gasteiger partial charge is 0.379 e. The molecule has 90 valence electrons. The zero-order valence-electron chi connectivity index (χ0n) is 9.58. The number of nitrogens with one attached hydrogen (secondary N) is 1. The van der Waals surface area contributed by atoms with Crippen molar-refractivity contribution in [2.24, 2.45) is 17.6 Å². The van der Waals surface area contributed by atoms with Gasteiger partial charge < -0.3 is 15.8 Å². The van der Waals surface area contributed by atoms with Crippen LogP contribution in [0.5, 0.6) is 0 Å². The summed E-state index contributed by atoms with van der Waals surface area (Å²) in [5.41, 5.74) is 5.28. The monoisotopic (exact) mass is 224 g/mol. The van der Waals surface area contributed by atoms with Gasteiger partial charge in [-0.2, -0.15) is 0 Å². The minimum Gasteiger partial charge on any atom is -0.379 e. The Morgan fingerprint density at radius 2 is 2.25 bits per heavy atom. The normalized spacial score (nSPS) is 46.2. The van der Waals surface area contributed by atoms with Crippen LogP contribution in [-0.4, -0.2) is 30.7 Å². The van der Waals surface area contributed by atoms with Crippen LogP contribution in [0.2, 0.25) is 0 Å². The summed E-state index contributed by atoms with van der Waals surface area (Å²) in [6.07, 6.45) is 5.75. The molecule has 2 bridgehead atoms. The number of carbonyl (C=O) groups excluding carboxylic acids is 1. The van der Waals surface area contributed by atoms with Gasteiger partial charge in [0.2, 0.25) is 5.91 Å². The third kappa shape index (κ3) is 1.64. The van der Waals surface area contributed by atoms with Gasteiger partial charge in [-0.25, -0.2) is 0 Å². The molecule has 2 saturated carbocycles. The molecule has 1 aliphatic heterocycles. The Morgan fingerprint density at radius 1 is 1.38 bits per heavy atom. The van der Waals surface area contributed by atoms with Crippen molar-refractivity contribution < 1.29 is 9.53 Å². The molecule has 4 atom stereocenters. The van der Waals surface area contributed by atoms with Crippen LogP contribution in [0.1, 0.15) is 32.1 Å². The van der Waals surface area contributed by atoms with Crippen LogP contribution in [0.15, 0.2) is 0 Å². The summed E-state index contributed by atoms with van der Waals surface area (Å²) in [7, 11) is 0. The molecule has 0 radical (unpaired) electrons. The molecule has 0 aromatic rings. The quantitative estimate of drug-likeness (QED) is 0.714. The summed E-state index contributed by atoms with van der Waals surface area (Å²) in [4.78, 5) is 12.1. The number of fused-ring (bicyclic) bond motifs is 2. The van der Waals surface area contributed by atoms with E-state index in [0.717, 1.165) is 12.3 Å². The fourth-order valence-corrected chi connectivity index (χ4v) is 3.49. The smallest absolute Gasteiger partial charge is 0.242 e. The summed E-state index contributed by atoms with van der Waals surface area (Å²) >= 11 is 0. The van der Waals surface area contributed by atoms with Crippen LogP contribution in [0.25, 0.3) is 0 Å². The Hall–Kier alpha value is -0.610. The number of hydrogen-bond donors (Lipinski definition) is 2. The first kappa shape index (κ1) is 10.5. The minimum absolute atomic E-state index is 0.00236. The molecule has 3 aliphatic rings. The summed E-state index contributed by atoms with van der Waals surface area (Å²) < 4.78 is 5.22. The Balaban J connectivity index is 1.60. The van der Waals surface area contributed by atoms with Gasteiger partial charge in [0.1, 0.15) is 5.54 Å². The molecule has 0 aromatic carbocycles. The highest BCUT2D eigenvalue weighted by Crippen LogP contribution is 2.44. The summed E-state index contributed by atoms with van der Waals surface area (Å²) in [5, 5.41) is 3.15. The van der Waals surface area contributed by atoms with Crippen LogP contribution in [0.4, 0.5) is 0 Å². The highest BCUT2D eigenvalue weighted by molar-refractivity contribution is 5.86. The molecule has 4 heteroatoms. The molecule has 0 spiro atoms. The van der Waals surface area contributed by atoms with Crippen molar-refractivity contribution in [1.29, 1.82) is 0 Å². The lowest BCUT2D eigenvalue weighted by molar-refractivity contribution is -0.127. The molecule has 2 aliphatic carbocycles. The lowest BCUT2D eigenvalue weighted by Gasteiger charge is -2.28. The third-order valence-corrected chi connectivity index (χ3v) is 4.56. The SMILES string of the molecule is NC1(C(=O)NC2CC3CCC2C3)CCOC1. The molecule has 3 rings (SSSR count). The predicted molar refractivity (Wildman–Crippen MR) is 59.7 cm³/mol. The molecule has 3 N–H and O–H groups in total. The molecule has 1 amide bonds. The van der Waals surface area contributed by atoms with Crippen molar-refractivity contribution in [1.82, 2.24) is 5.32 Å². The highest BCUT2D eigenvalue weighted by Gasteiger charge is 2.44. The number of hydrogen-bond acceptors (Lipinski definition) is 3. The van der Waals surface area contributed by atoms with Crippen LogP contribution >= 0.6 is 0 Å². The van der Waals surface area contributed by atoms with E-state index in [9.17, 15) is 4.79 Å². The second-order valence-electron chi connectivity index (χ2n) is 5.71. The van der Waals surface area contributed by atoms with Gasteiger partial charge in [0.05, 0.1) is 6.61 Å². The van der Waals surface area contributed by atoms with E-state index >= 15 is 0 Å². The summed E-state index contributed by atoms with van der Waals surface area (Å²) in [6, 6.07) is 0.382. The Morgan fingerprint density at radius 3 is 2.81 bits per heavy atom. The summed E-state index contributed by atoms with van der Waals surface area (Å²) in [6.45, 7) is 0.986. The van der Waals surface area contributed by atoms with E-state index in [0.29, 0.717) is 31.6 Å². The number of ether oxygens (including phenoxy) is 1. The molecular weight excluding hydrogens is 204 g/mol. The first-order valence-corrected chi connectivity index (χ1v) is 6.35. The van der Waals surface area contributed by atoms with Crippen LogP contribution in [-0.2, 0) is 9.53 Å². The molecule has 1 saturated heterocycles. The minimum atomic E-state index is -0.762. The zero-order valence-corrected chi connectivity index (χ0v) is 9.58. The van der Waals surface area contributed by atoms with Crippen molar-refractivity contribution in [3.8, 4) is 0 Å². The van der Waals surface area contributed by atoms with Gasteiger partial charge >= 0.3 is 0 Å². The molecule has 0 aromatic heterocycles. The lowest BCUT2D eigenvalue weighted by Crippen LogP contribution is -2.57. The zero-order chi connectivity index (χ0) is 11.2. The van der Waals surface area contributed by atoms with Gasteiger partial charge in [-0.15, -0.1) is 0 Å². The fraction of sp³-hybridized carbons (Fsp3) is 0.917. The molecule has 3 fully saturated rings. The van der Waals surface area contributed by atoms with Crippen LogP contribution in [0.3, 0.4) is 0 Å². The molecule has 16 heavy (non-hydrogen) atoms. The number of rotatable bonds is 2. The molecule has 4 unspecified atom stereocenters. The first-order chi connectivity index (χ1) is 7.67. The average Bonchev–Trinajstić information content (AvgIpc) is 2.93. The van der Waals surface area contributed by atoms with E-state index in [2.05, 4.69) is 5.32 Å². The molecule has 1 heterocycles. The Bertz CT molecular complexity index is 299. The maximum Gasteiger partial charge on any atom is 0.242 e. The predicted octanol–water partition coefficient (Wildman–Crippen LogP) is 0.409. The van der Waals surface area contributed by atoms with Gasteiger partial charge in [0, 0.05) is 12.6 Å². The number of amides is 1. The maximum absolute atomic E-state index is 12.1. The van der Waals surface area contributed by atoms with E-state index in [1.807, 2.05) is 0 Å². The first-order valence-electron chi connectivity index (χ1n) is 6.35. The second kappa shape index (κ2) is 3.70. The van der Waals surface area contributed by atoms with Crippen molar-refractivity contribution in [3.05, 3.63) is 0 Å². The standard InChI is InChI=1S/C12H20N2O2/c13-12(3-4-16-7-12)11(15)14-10-6-8-1-2-9(10)5-8/h8-10H,1-7,13H2,(H,14,15). The average molecular weight is 224 g/mol. The third-order valence-electron chi connectivity index (χ3n) is 4.56. The van der Waals surface area contributed by atoms with Gasteiger partial charge in [-0.05, 0) is 37.5 Å². The van der Waals surface area contributed by atoms with Crippen LogP contribution in [0, 0.1) is 11.8 Å². The van der Waals surface area contributed by atoms with Crippen molar-refractivity contribution in [2.75, 3.05) is 13.2 Å². The summed E-state index contributed by atoms with van der Waals surface area (Å²) in [5.74, 6) is 1.56. The van der Waals surface area contributed by atoms with Crippen LogP contribution < -0.4 is 11.1 Å². The van der Waals surface area contributed by atoms with E-state index < -0.39 is 5.54 Å². The number of carbonyl (C=O) groups is 1. The van der Waals surface area contributed by atoms with Crippen molar-refractivity contribution >= 4 is 5.91 Å². The number of nitrogens with two attached hydrogens (primary N) is 1.